The average molecular weight is 352 g/mol. The van der Waals surface area contributed by atoms with Gasteiger partial charge in [0.1, 0.15) is 0 Å². The number of rotatable bonds is 10. The molecule has 1 atom stereocenters. The molecule has 0 rings (SSSR count). The van der Waals surface area contributed by atoms with Crippen molar-refractivity contribution in [2.75, 3.05) is 39.6 Å². The Balaban J connectivity index is 0. The average Bonchev–Trinajstić information content (AvgIpc) is 2.30. The minimum atomic E-state index is 0.0738. The van der Waals surface area contributed by atoms with Crippen molar-refractivity contribution in [3.63, 3.8) is 0 Å². The minimum absolute atomic E-state index is 0.0738. The maximum Gasteiger partial charge on any atom is 0.0793 e. The first-order valence-electron chi connectivity index (χ1n) is 5.15. The fourth-order valence-electron chi connectivity index (χ4n) is 0.658. The van der Waals surface area contributed by atoms with E-state index < -0.39 is 0 Å². The standard InChI is InChI=1S/C7H16IO4P.C2H6/c8-13-12-4-1-3-10-6-7-11-5-2-9;1-2/h9,13H,1-7H2;1-2H3. The van der Waals surface area contributed by atoms with Gasteiger partial charge in [-0.25, -0.2) is 0 Å². The summed E-state index contributed by atoms with van der Waals surface area (Å²) in [7, 11) is 0. The summed E-state index contributed by atoms with van der Waals surface area (Å²) in [5, 5.41) is 8.38. The molecule has 0 aromatic heterocycles. The van der Waals surface area contributed by atoms with Crippen molar-refractivity contribution in [1.29, 1.82) is 0 Å². The van der Waals surface area contributed by atoms with E-state index in [0.29, 0.717) is 32.9 Å². The van der Waals surface area contributed by atoms with Gasteiger partial charge in [0, 0.05) is 6.61 Å². The van der Waals surface area contributed by atoms with Gasteiger partial charge >= 0.3 is 0 Å². The highest BCUT2D eigenvalue weighted by molar-refractivity contribution is 14.2. The number of aliphatic hydroxyl groups excluding tert-OH is 1. The molecule has 15 heavy (non-hydrogen) atoms. The van der Waals surface area contributed by atoms with E-state index in [0.717, 1.165) is 13.0 Å². The lowest BCUT2D eigenvalue weighted by Crippen LogP contribution is -2.08. The van der Waals surface area contributed by atoms with Crippen LogP contribution in [0.4, 0.5) is 0 Å². The largest absolute Gasteiger partial charge is 0.394 e. The number of ether oxygens (including phenoxy) is 2. The molecule has 0 bridgehead atoms. The predicted octanol–water partition coefficient (Wildman–Crippen LogP) is 2.39. The van der Waals surface area contributed by atoms with Gasteiger partial charge in [0.25, 0.3) is 0 Å². The van der Waals surface area contributed by atoms with Gasteiger partial charge < -0.3 is 19.1 Å². The van der Waals surface area contributed by atoms with Crippen LogP contribution in [-0.2, 0) is 14.0 Å². The van der Waals surface area contributed by atoms with Crippen molar-refractivity contribution in [2.45, 2.75) is 20.3 Å². The Kier molecular flexibility index (Phi) is 25.0. The SMILES string of the molecule is CC.OCCOCCOCCCOPI. The lowest BCUT2D eigenvalue weighted by atomic mass is 10.5. The molecule has 0 radical (unpaired) electrons. The topological polar surface area (TPSA) is 47.9 Å². The normalized spacial score (nSPS) is 10.4. The molecule has 1 unspecified atom stereocenters. The van der Waals surface area contributed by atoms with E-state index in [4.69, 9.17) is 19.1 Å². The summed E-state index contributed by atoms with van der Waals surface area (Å²) in [6.45, 7) is 7.61. The second-order valence-electron chi connectivity index (χ2n) is 2.23. The maximum absolute atomic E-state index is 8.38. The molecular formula is C9H22IO4P. The Morgan fingerprint density at radius 1 is 1.00 bits per heavy atom. The Labute approximate surface area is 107 Å². The third kappa shape index (κ3) is 21.0. The Hall–Kier alpha value is 1.00. The van der Waals surface area contributed by atoms with E-state index in [1.54, 1.807) is 0 Å². The quantitative estimate of drug-likeness (QED) is 0.373. The molecule has 0 saturated heterocycles. The van der Waals surface area contributed by atoms with Crippen LogP contribution >= 0.6 is 28.5 Å². The van der Waals surface area contributed by atoms with E-state index in [2.05, 4.69) is 22.0 Å². The predicted molar refractivity (Wildman–Crippen MR) is 73.0 cm³/mol. The van der Waals surface area contributed by atoms with Crippen molar-refractivity contribution in [3.8, 4) is 0 Å². The van der Waals surface area contributed by atoms with Crippen LogP contribution in [0.25, 0.3) is 0 Å². The molecule has 0 heterocycles. The van der Waals surface area contributed by atoms with Crippen molar-refractivity contribution in [2.24, 2.45) is 0 Å². The molecule has 6 heteroatoms. The third-order valence-electron chi connectivity index (χ3n) is 1.20. The van der Waals surface area contributed by atoms with Crippen LogP contribution in [0.1, 0.15) is 20.3 Å². The fraction of sp³-hybridized carbons (Fsp3) is 1.00. The first kappa shape index (κ1) is 18.4. The van der Waals surface area contributed by atoms with E-state index >= 15 is 0 Å². The van der Waals surface area contributed by atoms with E-state index in [9.17, 15) is 0 Å². The van der Waals surface area contributed by atoms with Gasteiger partial charge in [-0.2, -0.15) is 0 Å². The molecule has 0 aliphatic rings. The van der Waals surface area contributed by atoms with Crippen molar-refractivity contribution in [3.05, 3.63) is 0 Å². The van der Waals surface area contributed by atoms with Crippen molar-refractivity contribution >= 4 is 28.5 Å². The van der Waals surface area contributed by atoms with Gasteiger partial charge in [-0.3, -0.25) is 0 Å². The molecule has 0 aromatic carbocycles. The molecular weight excluding hydrogens is 330 g/mol. The smallest absolute Gasteiger partial charge is 0.0793 e. The fourth-order valence-corrected chi connectivity index (χ4v) is 1.54. The Morgan fingerprint density at radius 3 is 2.13 bits per heavy atom. The first-order chi connectivity index (χ1) is 7.41. The third-order valence-corrected chi connectivity index (χ3v) is 2.44. The number of halogens is 1. The highest BCUT2D eigenvalue weighted by Crippen LogP contribution is 2.21. The molecule has 4 nitrogen and oxygen atoms in total. The van der Waals surface area contributed by atoms with Gasteiger partial charge in [-0.15, -0.1) is 0 Å². The second-order valence-corrected chi connectivity index (χ2v) is 3.99. The summed E-state index contributed by atoms with van der Waals surface area (Å²) in [6, 6.07) is 0. The lowest BCUT2D eigenvalue weighted by molar-refractivity contribution is 0.0305. The zero-order valence-corrected chi connectivity index (χ0v) is 12.7. The summed E-state index contributed by atoms with van der Waals surface area (Å²) in [5.74, 6) is 0. The van der Waals surface area contributed by atoms with Crippen molar-refractivity contribution < 1.29 is 19.1 Å². The molecule has 0 aliphatic heterocycles. The monoisotopic (exact) mass is 352 g/mol. The van der Waals surface area contributed by atoms with Crippen LogP contribution in [0, 0.1) is 0 Å². The summed E-state index contributed by atoms with van der Waals surface area (Å²) in [4.78, 5) is 0. The van der Waals surface area contributed by atoms with Crippen LogP contribution in [0.5, 0.6) is 0 Å². The molecule has 94 valence electrons. The summed E-state index contributed by atoms with van der Waals surface area (Å²) in [6.07, 6.45) is 0.927. The maximum atomic E-state index is 8.38. The van der Waals surface area contributed by atoms with Gasteiger partial charge in [0.2, 0.25) is 0 Å². The molecule has 1 N–H and O–H groups in total. The van der Waals surface area contributed by atoms with Crippen LogP contribution in [0.2, 0.25) is 0 Å². The molecule has 0 spiro atoms. The first-order valence-corrected chi connectivity index (χ1v) is 9.18. The molecule has 0 saturated carbocycles. The minimum Gasteiger partial charge on any atom is -0.394 e. The van der Waals surface area contributed by atoms with E-state index in [1.165, 1.54) is 0 Å². The van der Waals surface area contributed by atoms with Gasteiger partial charge in [-0.05, 0) is 28.5 Å². The number of aliphatic hydroxyl groups is 1. The summed E-state index contributed by atoms with van der Waals surface area (Å²) in [5.41, 5.74) is 0. The van der Waals surface area contributed by atoms with Crippen LogP contribution in [0.3, 0.4) is 0 Å². The molecule has 0 aromatic rings. The highest BCUT2D eigenvalue weighted by Gasteiger charge is 1.90. The highest BCUT2D eigenvalue weighted by atomic mass is 127. The van der Waals surface area contributed by atoms with Crippen LogP contribution < -0.4 is 0 Å². The zero-order valence-electron chi connectivity index (χ0n) is 9.50. The Morgan fingerprint density at radius 2 is 1.60 bits per heavy atom. The van der Waals surface area contributed by atoms with Crippen LogP contribution in [-0.4, -0.2) is 44.7 Å². The molecule has 0 amide bonds. The van der Waals surface area contributed by atoms with Crippen molar-refractivity contribution in [1.82, 2.24) is 0 Å². The van der Waals surface area contributed by atoms with Crippen LogP contribution in [0.15, 0.2) is 0 Å². The molecule has 0 fully saturated rings. The van der Waals surface area contributed by atoms with E-state index in [1.807, 2.05) is 13.8 Å². The summed E-state index contributed by atoms with van der Waals surface area (Å²) >= 11 is 2.19. The van der Waals surface area contributed by atoms with Gasteiger partial charge in [-0.1, -0.05) is 13.8 Å². The summed E-state index contributed by atoms with van der Waals surface area (Å²) < 4.78 is 15.4. The van der Waals surface area contributed by atoms with E-state index in [-0.39, 0.29) is 6.61 Å². The number of hydrogen-bond acceptors (Lipinski definition) is 4. The lowest BCUT2D eigenvalue weighted by Gasteiger charge is -2.04. The van der Waals surface area contributed by atoms with Gasteiger partial charge in [0.15, 0.2) is 0 Å². The Bertz CT molecular complexity index is 88.2. The van der Waals surface area contributed by atoms with Gasteiger partial charge in [0.05, 0.1) is 39.5 Å². The molecule has 0 aliphatic carbocycles. The second kappa shape index (κ2) is 20.4. The number of hydrogen-bond donors (Lipinski definition) is 1. The zero-order chi connectivity index (χ0) is 11.8.